The second-order valence-corrected chi connectivity index (χ2v) is 2.59. The van der Waals surface area contributed by atoms with Crippen LogP contribution in [0.15, 0.2) is 36.4 Å². The second-order valence-electron chi connectivity index (χ2n) is 2.59. The molecule has 2 N–H and O–H groups in total. The molecule has 1 rings (SSSR count). The first kappa shape index (κ1) is 10.8. The number of carboxylic acid groups (broad SMARTS) is 1. The highest BCUT2D eigenvalue weighted by atomic mass is 16.5. The van der Waals surface area contributed by atoms with Gasteiger partial charge in [-0.05, 0) is 24.3 Å². The van der Waals surface area contributed by atoms with Crippen LogP contribution in [0.4, 0.5) is 0 Å². The van der Waals surface area contributed by atoms with Crippen molar-refractivity contribution in [3.63, 3.8) is 0 Å². The third-order valence-corrected chi connectivity index (χ3v) is 1.42. The Kier molecular flexibility index (Phi) is 3.45. The number of carboxylic acids is 1. The molecule has 0 aliphatic carbocycles. The zero-order valence-corrected chi connectivity index (χ0v) is 7.58. The van der Waals surface area contributed by atoms with Gasteiger partial charge in [-0.1, -0.05) is 0 Å². The van der Waals surface area contributed by atoms with E-state index in [0.717, 1.165) is 6.08 Å². The van der Waals surface area contributed by atoms with Gasteiger partial charge in [0, 0.05) is 12.2 Å². The molecule has 1 aromatic rings. The first-order valence-electron chi connectivity index (χ1n) is 4.00. The summed E-state index contributed by atoms with van der Waals surface area (Å²) in [5.74, 6) is -1.73. The topological polar surface area (TPSA) is 83.8 Å². The van der Waals surface area contributed by atoms with E-state index in [1.54, 1.807) is 0 Å². The van der Waals surface area contributed by atoms with E-state index in [4.69, 9.17) is 14.9 Å². The highest BCUT2D eigenvalue weighted by molar-refractivity contribution is 5.91. The van der Waals surface area contributed by atoms with Gasteiger partial charge in [0.25, 0.3) is 0 Å². The lowest BCUT2D eigenvalue weighted by Crippen LogP contribution is -2.04. The summed E-state index contributed by atoms with van der Waals surface area (Å²) in [7, 11) is 0. The molecule has 1 aromatic carbocycles. The van der Waals surface area contributed by atoms with Crippen LogP contribution < -0.4 is 4.74 Å². The number of phenolic OH excluding ortho intramolecular Hbond substituents is 1. The number of aromatic hydroxyl groups is 1. The Morgan fingerprint density at radius 1 is 1.13 bits per heavy atom. The molecule has 15 heavy (non-hydrogen) atoms. The maximum absolute atomic E-state index is 11.0. The molecule has 0 amide bonds. The Bertz CT molecular complexity index is 391. The summed E-state index contributed by atoms with van der Waals surface area (Å²) in [5, 5.41) is 17.2. The number of aliphatic carboxylic acids is 1. The molecule has 0 fully saturated rings. The first-order valence-corrected chi connectivity index (χ1v) is 4.00. The highest BCUT2D eigenvalue weighted by Crippen LogP contribution is 2.15. The Balaban J connectivity index is 2.59. The maximum atomic E-state index is 11.0. The lowest BCUT2D eigenvalue weighted by molar-refractivity contribution is -0.133. The van der Waals surface area contributed by atoms with Crippen LogP contribution in [0.1, 0.15) is 0 Å². The number of phenols is 1. The minimum Gasteiger partial charge on any atom is -0.508 e. The normalized spacial score (nSPS) is 10.1. The molecule has 0 radical (unpaired) electrons. The van der Waals surface area contributed by atoms with Gasteiger partial charge in [-0.25, -0.2) is 9.59 Å². The Labute approximate surface area is 85.2 Å². The number of benzene rings is 1. The van der Waals surface area contributed by atoms with Crippen molar-refractivity contribution >= 4 is 11.9 Å². The largest absolute Gasteiger partial charge is 0.508 e. The summed E-state index contributed by atoms with van der Waals surface area (Å²) in [5.41, 5.74) is 0. The van der Waals surface area contributed by atoms with Crippen LogP contribution in [-0.4, -0.2) is 22.2 Å². The summed E-state index contributed by atoms with van der Waals surface area (Å²) in [6.45, 7) is 0. The summed E-state index contributed by atoms with van der Waals surface area (Å²) in [6.07, 6.45) is 1.48. The van der Waals surface area contributed by atoms with Crippen molar-refractivity contribution in [3.05, 3.63) is 36.4 Å². The van der Waals surface area contributed by atoms with Crippen molar-refractivity contribution in [1.29, 1.82) is 0 Å². The molecule has 0 saturated carbocycles. The van der Waals surface area contributed by atoms with E-state index >= 15 is 0 Å². The molecule has 78 valence electrons. The Morgan fingerprint density at radius 3 is 2.27 bits per heavy atom. The molecule has 0 spiro atoms. The number of esters is 1. The Morgan fingerprint density at radius 2 is 1.73 bits per heavy atom. The van der Waals surface area contributed by atoms with Crippen molar-refractivity contribution < 1.29 is 24.5 Å². The summed E-state index contributed by atoms with van der Waals surface area (Å²) >= 11 is 0. The Hall–Kier alpha value is -2.30. The molecule has 0 aromatic heterocycles. The minimum absolute atomic E-state index is 0.0517. The fraction of sp³-hybridized carbons (Fsp3) is 0. The number of carbonyl (C=O) groups is 2. The van der Waals surface area contributed by atoms with Crippen LogP contribution in [0, 0.1) is 0 Å². The van der Waals surface area contributed by atoms with Crippen molar-refractivity contribution in [2.45, 2.75) is 0 Å². The van der Waals surface area contributed by atoms with E-state index in [1.165, 1.54) is 24.3 Å². The predicted octanol–water partition coefficient (Wildman–Crippen LogP) is 0.938. The van der Waals surface area contributed by atoms with E-state index in [0.29, 0.717) is 6.08 Å². The van der Waals surface area contributed by atoms with Crippen molar-refractivity contribution in [3.8, 4) is 11.5 Å². The summed E-state index contributed by atoms with van der Waals surface area (Å²) < 4.78 is 4.72. The van der Waals surface area contributed by atoms with Crippen LogP contribution >= 0.6 is 0 Å². The first-order chi connectivity index (χ1) is 7.08. The van der Waals surface area contributed by atoms with Crippen LogP contribution in [0.25, 0.3) is 0 Å². The molecule has 0 unspecified atom stereocenters. The van der Waals surface area contributed by atoms with Crippen molar-refractivity contribution in [1.82, 2.24) is 0 Å². The summed E-state index contributed by atoms with van der Waals surface area (Å²) in [6, 6.07) is 5.48. The van der Waals surface area contributed by atoms with Crippen LogP contribution in [-0.2, 0) is 9.59 Å². The molecule has 0 aliphatic rings. The molecule has 0 heterocycles. The van der Waals surface area contributed by atoms with E-state index < -0.39 is 11.9 Å². The van der Waals surface area contributed by atoms with Gasteiger partial charge in [0.15, 0.2) is 0 Å². The average Bonchev–Trinajstić information content (AvgIpc) is 2.19. The van der Waals surface area contributed by atoms with Crippen LogP contribution in [0.3, 0.4) is 0 Å². The SMILES string of the molecule is O=C(O)/C=C/C(=O)Oc1ccc(O)cc1. The van der Waals surface area contributed by atoms with E-state index in [-0.39, 0.29) is 11.5 Å². The fourth-order valence-electron chi connectivity index (χ4n) is 0.804. The van der Waals surface area contributed by atoms with Gasteiger partial charge in [0.2, 0.25) is 0 Å². The molecule has 0 bridgehead atoms. The van der Waals surface area contributed by atoms with Crippen LogP contribution in [0.5, 0.6) is 11.5 Å². The van der Waals surface area contributed by atoms with Gasteiger partial charge in [0.05, 0.1) is 0 Å². The molecule has 0 atom stereocenters. The van der Waals surface area contributed by atoms with Crippen molar-refractivity contribution in [2.75, 3.05) is 0 Å². The van der Waals surface area contributed by atoms with Gasteiger partial charge in [0.1, 0.15) is 11.5 Å². The predicted molar refractivity (Wildman–Crippen MR) is 50.5 cm³/mol. The lowest BCUT2D eigenvalue weighted by atomic mass is 10.3. The zero-order valence-electron chi connectivity index (χ0n) is 7.58. The van der Waals surface area contributed by atoms with Gasteiger partial charge in [-0.15, -0.1) is 0 Å². The standard InChI is InChI=1S/C10H8O5/c11-7-1-3-8(4-2-7)15-10(14)6-5-9(12)13/h1-6,11H,(H,12,13)/b6-5+. The van der Waals surface area contributed by atoms with Crippen molar-refractivity contribution in [2.24, 2.45) is 0 Å². The monoisotopic (exact) mass is 208 g/mol. The second kappa shape index (κ2) is 4.80. The molecular formula is C10H8O5. The number of carbonyl (C=O) groups excluding carboxylic acids is 1. The quantitative estimate of drug-likeness (QED) is 0.438. The molecular weight excluding hydrogens is 200 g/mol. The van der Waals surface area contributed by atoms with E-state index in [1.807, 2.05) is 0 Å². The summed E-state index contributed by atoms with van der Waals surface area (Å²) in [4.78, 5) is 21.0. The third kappa shape index (κ3) is 3.95. The molecule has 5 nitrogen and oxygen atoms in total. The third-order valence-electron chi connectivity index (χ3n) is 1.42. The molecule has 0 aliphatic heterocycles. The fourth-order valence-corrected chi connectivity index (χ4v) is 0.804. The number of hydrogen-bond acceptors (Lipinski definition) is 4. The number of ether oxygens (including phenoxy) is 1. The van der Waals surface area contributed by atoms with Gasteiger partial charge in [-0.3, -0.25) is 0 Å². The van der Waals surface area contributed by atoms with Crippen LogP contribution in [0.2, 0.25) is 0 Å². The highest BCUT2D eigenvalue weighted by Gasteiger charge is 2.00. The van der Waals surface area contributed by atoms with E-state index in [2.05, 4.69) is 0 Å². The molecule has 5 heteroatoms. The van der Waals surface area contributed by atoms with Gasteiger partial charge >= 0.3 is 11.9 Å². The van der Waals surface area contributed by atoms with Gasteiger partial charge < -0.3 is 14.9 Å². The zero-order chi connectivity index (χ0) is 11.3. The van der Waals surface area contributed by atoms with Gasteiger partial charge in [-0.2, -0.15) is 0 Å². The lowest BCUT2D eigenvalue weighted by Gasteiger charge is -2.00. The smallest absolute Gasteiger partial charge is 0.336 e. The van der Waals surface area contributed by atoms with E-state index in [9.17, 15) is 9.59 Å². The molecule has 0 saturated heterocycles. The number of rotatable bonds is 3. The number of hydrogen-bond donors (Lipinski definition) is 2. The maximum Gasteiger partial charge on any atom is 0.336 e. The minimum atomic E-state index is -1.22. The average molecular weight is 208 g/mol.